The maximum Gasteiger partial charge on any atom is 0.234 e. The predicted molar refractivity (Wildman–Crippen MR) is 90.4 cm³/mol. The molecule has 2 rings (SSSR count). The van der Waals surface area contributed by atoms with E-state index in [0.29, 0.717) is 5.16 Å². The van der Waals surface area contributed by atoms with Crippen LogP contribution in [0.5, 0.6) is 0 Å². The van der Waals surface area contributed by atoms with Gasteiger partial charge >= 0.3 is 0 Å². The monoisotopic (exact) mass is 337 g/mol. The molecule has 0 fully saturated rings. The SMILES string of the molecule is CSc1ccc(NC(=O)CSc2nnnn2C(C)(C)C)cc1. The summed E-state index contributed by atoms with van der Waals surface area (Å²) in [4.78, 5) is 13.2. The Morgan fingerprint density at radius 3 is 2.55 bits per heavy atom. The fraction of sp³-hybridized carbons (Fsp3) is 0.429. The van der Waals surface area contributed by atoms with Gasteiger partial charge in [-0.2, -0.15) is 0 Å². The average molecular weight is 337 g/mol. The van der Waals surface area contributed by atoms with Gasteiger partial charge in [0.1, 0.15) is 0 Å². The number of carbonyl (C=O) groups is 1. The van der Waals surface area contributed by atoms with E-state index in [4.69, 9.17) is 0 Å². The van der Waals surface area contributed by atoms with Gasteiger partial charge < -0.3 is 5.32 Å². The highest BCUT2D eigenvalue weighted by Gasteiger charge is 2.20. The summed E-state index contributed by atoms with van der Waals surface area (Å²) in [5.74, 6) is 0.186. The first-order valence-electron chi connectivity index (χ1n) is 6.76. The van der Waals surface area contributed by atoms with Crippen LogP contribution in [0.25, 0.3) is 0 Å². The van der Waals surface area contributed by atoms with E-state index in [0.717, 1.165) is 10.6 Å². The van der Waals surface area contributed by atoms with Gasteiger partial charge in [0.05, 0.1) is 11.3 Å². The van der Waals surface area contributed by atoms with Crippen molar-refractivity contribution in [1.82, 2.24) is 20.2 Å². The number of thioether (sulfide) groups is 2. The molecule has 0 aliphatic heterocycles. The quantitative estimate of drug-likeness (QED) is 0.846. The molecule has 22 heavy (non-hydrogen) atoms. The lowest BCUT2D eigenvalue weighted by Crippen LogP contribution is -2.24. The van der Waals surface area contributed by atoms with Crippen LogP contribution >= 0.6 is 23.5 Å². The molecule has 0 saturated heterocycles. The largest absolute Gasteiger partial charge is 0.325 e. The summed E-state index contributed by atoms with van der Waals surface area (Å²) in [5.41, 5.74) is 0.578. The Bertz CT molecular complexity index is 633. The Morgan fingerprint density at radius 2 is 1.95 bits per heavy atom. The number of hydrogen-bond donors (Lipinski definition) is 1. The molecule has 0 radical (unpaired) electrons. The lowest BCUT2D eigenvalue weighted by Gasteiger charge is -2.19. The van der Waals surface area contributed by atoms with Crippen molar-refractivity contribution in [3.8, 4) is 0 Å². The van der Waals surface area contributed by atoms with Gasteiger partial charge in [-0.3, -0.25) is 4.79 Å². The summed E-state index contributed by atoms with van der Waals surface area (Å²) in [6, 6.07) is 7.75. The Hall–Kier alpha value is -1.54. The van der Waals surface area contributed by atoms with Crippen molar-refractivity contribution in [1.29, 1.82) is 0 Å². The van der Waals surface area contributed by atoms with E-state index in [1.807, 2.05) is 51.3 Å². The maximum absolute atomic E-state index is 12.0. The van der Waals surface area contributed by atoms with Gasteiger partial charge in [-0.15, -0.1) is 16.9 Å². The second-order valence-corrected chi connectivity index (χ2v) is 7.43. The minimum Gasteiger partial charge on any atom is -0.325 e. The van der Waals surface area contributed by atoms with Crippen molar-refractivity contribution in [3.63, 3.8) is 0 Å². The molecule has 2 aromatic rings. The number of nitrogens with zero attached hydrogens (tertiary/aromatic N) is 4. The zero-order valence-electron chi connectivity index (χ0n) is 13.0. The topological polar surface area (TPSA) is 72.7 Å². The van der Waals surface area contributed by atoms with E-state index in [1.54, 1.807) is 16.4 Å². The summed E-state index contributed by atoms with van der Waals surface area (Å²) in [7, 11) is 0. The van der Waals surface area contributed by atoms with Gasteiger partial charge in [-0.25, -0.2) is 4.68 Å². The van der Waals surface area contributed by atoms with Crippen molar-refractivity contribution >= 4 is 35.1 Å². The Balaban J connectivity index is 1.91. The van der Waals surface area contributed by atoms with E-state index in [-0.39, 0.29) is 17.2 Å². The normalized spacial score (nSPS) is 11.5. The van der Waals surface area contributed by atoms with Gasteiger partial charge in [0.15, 0.2) is 0 Å². The molecule has 1 N–H and O–H groups in total. The molecule has 0 bridgehead atoms. The van der Waals surface area contributed by atoms with Crippen LogP contribution in [0.3, 0.4) is 0 Å². The van der Waals surface area contributed by atoms with Crippen LogP contribution in [0.4, 0.5) is 5.69 Å². The third kappa shape index (κ3) is 4.48. The van der Waals surface area contributed by atoms with Crippen LogP contribution in [-0.4, -0.2) is 38.1 Å². The minimum absolute atomic E-state index is 0.0784. The molecule has 0 unspecified atom stereocenters. The molecular weight excluding hydrogens is 318 g/mol. The van der Waals surface area contributed by atoms with Crippen molar-refractivity contribution in [2.45, 2.75) is 36.4 Å². The zero-order chi connectivity index (χ0) is 16.2. The molecule has 0 atom stereocenters. The summed E-state index contributed by atoms with van der Waals surface area (Å²) in [6.45, 7) is 6.04. The van der Waals surface area contributed by atoms with Crippen LogP contribution in [0.15, 0.2) is 34.3 Å². The van der Waals surface area contributed by atoms with E-state index in [2.05, 4.69) is 20.8 Å². The molecule has 1 aromatic heterocycles. The van der Waals surface area contributed by atoms with Crippen LogP contribution in [-0.2, 0) is 10.3 Å². The fourth-order valence-corrected chi connectivity index (χ4v) is 2.96. The van der Waals surface area contributed by atoms with Crippen molar-refractivity contribution in [3.05, 3.63) is 24.3 Å². The Morgan fingerprint density at radius 1 is 1.27 bits per heavy atom. The molecule has 0 saturated carbocycles. The van der Waals surface area contributed by atoms with E-state index < -0.39 is 0 Å². The van der Waals surface area contributed by atoms with Crippen LogP contribution in [0.2, 0.25) is 0 Å². The fourth-order valence-electron chi connectivity index (χ4n) is 1.69. The molecule has 0 spiro atoms. The first-order valence-corrected chi connectivity index (χ1v) is 8.97. The Labute approximate surface area is 138 Å². The summed E-state index contributed by atoms with van der Waals surface area (Å²) >= 11 is 2.99. The number of carbonyl (C=O) groups excluding carboxylic acids is 1. The molecule has 1 aromatic carbocycles. The predicted octanol–water partition coefficient (Wildman–Crippen LogP) is 2.88. The van der Waals surface area contributed by atoms with E-state index in [1.165, 1.54) is 11.8 Å². The average Bonchev–Trinajstić information content (AvgIpc) is 2.94. The van der Waals surface area contributed by atoms with Crippen LogP contribution in [0, 0.1) is 0 Å². The summed E-state index contributed by atoms with van der Waals surface area (Å²) < 4.78 is 1.72. The molecule has 6 nitrogen and oxygen atoms in total. The van der Waals surface area contributed by atoms with E-state index >= 15 is 0 Å². The van der Waals surface area contributed by atoms with Crippen molar-refractivity contribution in [2.75, 3.05) is 17.3 Å². The molecule has 0 aliphatic rings. The lowest BCUT2D eigenvalue weighted by molar-refractivity contribution is -0.113. The molecule has 0 aliphatic carbocycles. The standard InChI is InChI=1S/C14H19N5OS2/c1-14(2,3)19-13(16-17-18-19)22-9-12(20)15-10-5-7-11(21-4)8-6-10/h5-8H,9H2,1-4H3,(H,15,20). The minimum atomic E-state index is -0.212. The molecule has 1 heterocycles. The Kier molecular flexibility index (Phi) is 5.47. The second-order valence-electron chi connectivity index (χ2n) is 5.61. The highest BCUT2D eigenvalue weighted by atomic mass is 32.2. The summed E-state index contributed by atoms with van der Waals surface area (Å²) in [6.07, 6.45) is 2.02. The van der Waals surface area contributed by atoms with E-state index in [9.17, 15) is 4.79 Å². The smallest absolute Gasteiger partial charge is 0.234 e. The third-order valence-electron chi connectivity index (χ3n) is 2.78. The molecule has 8 heteroatoms. The van der Waals surface area contributed by atoms with Gasteiger partial charge in [-0.1, -0.05) is 11.8 Å². The zero-order valence-corrected chi connectivity index (χ0v) is 14.7. The lowest BCUT2D eigenvalue weighted by atomic mass is 10.1. The number of tetrazole rings is 1. The first kappa shape index (κ1) is 16.8. The number of hydrogen-bond acceptors (Lipinski definition) is 6. The third-order valence-corrected chi connectivity index (χ3v) is 4.45. The number of anilines is 1. The van der Waals surface area contributed by atoms with Gasteiger partial charge in [-0.05, 0) is 61.7 Å². The number of amides is 1. The molecular formula is C14H19N5OS2. The van der Waals surface area contributed by atoms with Crippen LogP contribution < -0.4 is 5.32 Å². The van der Waals surface area contributed by atoms with Gasteiger partial charge in [0, 0.05) is 10.6 Å². The number of rotatable bonds is 5. The summed E-state index contributed by atoms with van der Waals surface area (Å²) in [5, 5.41) is 15.1. The van der Waals surface area contributed by atoms with Gasteiger partial charge in [0.25, 0.3) is 0 Å². The highest BCUT2D eigenvalue weighted by Crippen LogP contribution is 2.22. The first-order chi connectivity index (χ1) is 10.4. The number of aromatic nitrogens is 4. The van der Waals surface area contributed by atoms with Gasteiger partial charge in [0.2, 0.25) is 11.1 Å². The molecule has 1 amide bonds. The number of nitrogens with one attached hydrogen (secondary N) is 1. The highest BCUT2D eigenvalue weighted by molar-refractivity contribution is 7.99. The van der Waals surface area contributed by atoms with Crippen LogP contribution in [0.1, 0.15) is 20.8 Å². The maximum atomic E-state index is 12.0. The van der Waals surface area contributed by atoms with Crippen molar-refractivity contribution in [2.24, 2.45) is 0 Å². The second kappa shape index (κ2) is 7.15. The molecule has 118 valence electrons. The van der Waals surface area contributed by atoms with Crippen molar-refractivity contribution < 1.29 is 4.79 Å². The number of benzene rings is 1.